The molecule has 1 amide bonds. The second-order valence-electron chi connectivity index (χ2n) is 4.77. The predicted molar refractivity (Wildman–Crippen MR) is 68.8 cm³/mol. The van der Waals surface area contributed by atoms with Crippen molar-refractivity contribution < 1.29 is 9.90 Å². The summed E-state index contributed by atoms with van der Waals surface area (Å²) in [5.41, 5.74) is 0. The van der Waals surface area contributed by atoms with Gasteiger partial charge >= 0.3 is 0 Å². The lowest BCUT2D eigenvalue weighted by Gasteiger charge is -2.31. The molecule has 0 aromatic heterocycles. The first-order valence-electron chi connectivity index (χ1n) is 6.84. The lowest BCUT2D eigenvalue weighted by Crippen LogP contribution is -2.48. The summed E-state index contributed by atoms with van der Waals surface area (Å²) >= 11 is 0. The zero-order valence-corrected chi connectivity index (χ0v) is 11.2. The third kappa shape index (κ3) is 4.28. The van der Waals surface area contributed by atoms with Gasteiger partial charge in [-0.15, -0.1) is 0 Å². The summed E-state index contributed by atoms with van der Waals surface area (Å²) in [5, 5.41) is 8.95. The maximum atomic E-state index is 12.2. The van der Waals surface area contributed by atoms with Crippen molar-refractivity contribution in [1.29, 1.82) is 0 Å². The average Bonchev–Trinajstić information content (AvgIpc) is 2.63. The first kappa shape index (κ1) is 14.5. The molecule has 0 saturated carbocycles. The highest BCUT2D eigenvalue weighted by Gasteiger charge is 2.25. The average molecular weight is 242 g/mol. The molecule has 0 spiro atoms. The smallest absolute Gasteiger partial charge is 0.239 e. The molecular weight excluding hydrogens is 216 g/mol. The Labute approximate surface area is 105 Å². The molecule has 1 aliphatic rings. The summed E-state index contributed by atoms with van der Waals surface area (Å²) in [7, 11) is 0. The molecule has 0 radical (unpaired) electrons. The molecule has 1 heterocycles. The Morgan fingerprint density at radius 2 is 1.88 bits per heavy atom. The Hall–Kier alpha value is -0.610. The maximum absolute atomic E-state index is 12.2. The molecular formula is C13H26N2O2. The van der Waals surface area contributed by atoms with Crippen LogP contribution in [0.5, 0.6) is 0 Å². The molecule has 1 atom stereocenters. The van der Waals surface area contributed by atoms with Gasteiger partial charge in [-0.2, -0.15) is 0 Å². The second-order valence-corrected chi connectivity index (χ2v) is 4.77. The number of aliphatic hydroxyl groups excluding tert-OH is 1. The molecule has 1 unspecified atom stereocenters. The van der Waals surface area contributed by atoms with Gasteiger partial charge < -0.3 is 10.0 Å². The summed E-state index contributed by atoms with van der Waals surface area (Å²) in [4.78, 5) is 16.3. The van der Waals surface area contributed by atoms with E-state index in [9.17, 15) is 4.79 Å². The molecule has 4 nitrogen and oxygen atoms in total. The van der Waals surface area contributed by atoms with Gasteiger partial charge in [0.2, 0.25) is 5.91 Å². The van der Waals surface area contributed by atoms with E-state index in [-0.39, 0.29) is 18.6 Å². The molecule has 0 aliphatic carbocycles. The van der Waals surface area contributed by atoms with Gasteiger partial charge in [-0.3, -0.25) is 9.69 Å². The number of likely N-dealkylation sites (tertiary alicyclic amines) is 1. The van der Waals surface area contributed by atoms with Crippen molar-refractivity contribution in [2.24, 2.45) is 0 Å². The number of carbonyl (C=O) groups is 1. The monoisotopic (exact) mass is 242 g/mol. The van der Waals surface area contributed by atoms with Crippen LogP contribution in [0.4, 0.5) is 0 Å². The number of amides is 1. The van der Waals surface area contributed by atoms with Crippen molar-refractivity contribution in [2.45, 2.75) is 45.6 Å². The van der Waals surface area contributed by atoms with E-state index >= 15 is 0 Å². The van der Waals surface area contributed by atoms with Gasteiger partial charge in [0.25, 0.3) is 0 Å². The predicted octanol–water partition coefficient (Wildman–Crippen LogP) is 1.09. The molecule has 1 rings (SSSR count). The van der Waals surface area contributed by atoms with Crippen LogP contribution < -0.4 is 0 Å². The van der Waals surface area contributed by atoms with Crippen LogP contribution in [0, 0.1) is 0 Å². The first-order chi connectivity index (χ1) is 8.20. The van der Waals surface area contributed by atoms with Gasteiger partial charge in [-0.25, -0.2) is 0 Å². The number of rotatable bonds is 5. The van der Waals surface area contributed by atoms with E-state index in [1.54, 1.807) is 4.90 Å². The van der Waals surface area contributed by atoms with Crippen LogP contribution in [0.15, 0.2) is 0 Å². The van der Waals surface area contributed by atoms with E-state index in [0.29, 0.717) is 13.1 Å². The van der Waals surface area contributed by atoms with Crippen LogP contribution in [0.1, 0.15) is 39.5 Å². The number of likely N-dealkylation sites (N-methyl/N-ethyl adjacent to an activating group) is 1. The van der Waals surface area contributed by atoms with Gasteiger partial charge in [0.05, 0.1) is 12.6 Å². The Morgan fingerprint density at radius 1 is 1.29 bits per heavy atom. The second kappa shape index (κ2) is 7.67. The van der Waals surface area contributed by atoms with E-state index in [4.69, 9.17) is 5.11 Å². The normalized spacial score (nSPS) is 19.7. The van der Waals surface area contributed by atoms with E-state index in [2.05, 4.69) is 4.90 Å². The van der Waals surface area contributed by atoms with E-state index in [1.165, 1.54) is 25.7 Å². The minimum absolute atomic E-state index is 0.0420. The minimum Gasteiger partial charge on any atom is -0.395 e. The fourth-order valence-electron chi connectivity index (χ4n) is 2.45. The number of nitrogens with zero attached hydrogens (tertiary/aromatic N) is 2. The highest BCUT2D eigenvalue weighted by molar-refractivity contribution is 5.81. The zero-order valence-electron chi connectivity index (χ0n) is 11.2. The van der Waals surface area contributed by atoms with Crippen LogP contribution in [0.3, 0.4) is 0 Å². The lowest BCUT2D eigenvalue weighted by molar-refractivity contribution is -0.136. The van der Waals surface area contributed by atoms with Crippen molar-refractivity contribution in [3.63, 3.8) is 0 Å². The standard InChI is InChI=1S/C13H26N2O2/c1-3-14(10-11-16)13(17)12(2)15-8-6-4-5-7-9-15/h12,16H,3-11H2,1-2H3. The van der Waals surface area contributed by atoms with Crippen molar-refractivity contribution in [1.82, 2.24) is 9.80 Å². The molecule has 0 aromatic carbocycles. The van der Waals surface area contributed by atoms with E-state index in [1.807, 2.05) is 13.8 Å². The maximum Gasteiger partial charge on any atom is 0.239 e. The third-order valence-electron chi connectivity index (χ3n) is 3.61. The molecule has 17 heavy (non-hydrogen) atoms. The van der Waals surface area contributed by atoms with Crippen LogP contribution in [-0.2, 0) is 4.79 Å². The Balaban J connectivity index is 2.53. The van der Waals surface area contributed by atoms with Crippen LogP contribution >= 0.6 is 0 Å². The Kier molecular flexibility index (Phi) is 6.52. The topological polar surface area (TPSA) is 43.8 Å². The highest BCUT2D eigenvalue weighted by atomic mass is 16.3. The molecule has 0 aromatic rings. The highest BCUT2D eigenvalue weighted by Crippen LogP contribution is 2.13. The summed E-state index contributed by atoms with van der Waals surface area (Å²) < 4.78 is 0. The fourth-order valence-corrected chi connectivity index (χ4v) is 2.45. The molecule has 100 valence electrons. The van der Waals surface area contributed by atoms with Gasteiger partial charge in [0.1, 0.15) is 0 Å². The van der Waals surface area contributed by atoms with Crippen LogP contribution in [0.25, 0.3) is 0 Å². The minimum atomic E-state index is -0.0420. The Bertz CT molecular complexity index is 225. The lowest BCUT2D eigenvalue weighted by atomic mass is 10.2. The van der Waals surface area contributed by atoms with Crippen LogP contribution in [-0.4, -0.2) is 59.6 Å². The van der Waals surface area contributed by atoms with Crippen molar-refractivity contribution in [2.75, 3.05) is 32.8 Å². The summed E-state index contributed by atoms with van der Waals surface area (Å²) in [6.07, 6.45) is 4.96. The van der Waals surface area contributed by atoms with E-state index in [0.717, 1.165) is 13.1 Å². The molecule has 0 bridgehead atoms. The molecule has 1 aliphatic heterocycles. The van der Waals surface area contributed by atoms with Crippen LogP contribution in [0.2, 0.25) is 0 Å². The summed E-state index contributed by atoms with van der Waals surface area (Å²) in [6.45, 7) is 7.20. The zero-order chi connectivity index (χ0) is 12.7. The molecule has 4 heteroatoms. The number of aliphatic hydroxyl groups is 1. The van der Waals surface area contributed by atoms with Gasteiger partial charge in [-0.05, 0) is 39.8 Å². The van der Waals surface area contributed by atoms with Crippen molar-refractivity contribution in [3.8, 4) is 0 Å². The molecule has 1 N–H and O–H groups in total. The fraction of sp³-hybridized carbons (Fsp3) is 0.923. The first-order valence-corrected chi connectivity index (χ1v) is 6.84. The summed E-state index contributed by atoms with van der Waals surface area (Å²) in [6, 6.07) is -0.0420. The van der Waals surface area contributed by atoms with Crippen molar-refractivity contribution in [3.05, 3.63) is 0 Å². The SMILES string of the molecule is CCN(CCO)C(=O)C(C)N1CCCCCC1. The largest absolute Gasteiger partial charge is 0.395 e. The van der Waals surface area contributed by atoms with E-state index < -0.39 is 0 Å². The number of hydrogen-bond acceptors (Lipinski definition) is 3. The Morgan fingerprint density at radius 3 is 2.35 bits per heavy atom. The molecule has 1 saturated heterocycles. The number of carbonyl (C=O) groups excluding carboxylic acids is 1. The van der Waals surface area contributed by atoms with Gasteiger partial charge in [0, 0.05) is 13.1 Å². The summed E-state index contributed by atoms with van der Waals surface area (Å²) in [5.74, 6) is 0.156. The quantitative estimate of drug-likeness (QED) is 0.785. The van der Waals surface area contributed by atoms with Gasteiger partial charge in [-0.1, -0.05) is 12.8 Å². The number of hydrogen-bond donors (Lipinski definition) is 1. The third-order valence-corrected chi connectivity index (χ3v) is 3.61. The van der Waals surface area contributed by atoms with Gasteiger partial charge in [0.15, 0.2) is 0 Å². The van der Waals surface area contributed by atoms with Crippen molar-refractivity contribution >= 4 is 5.91 Å². The molecule has 1 fully saturated rings.